The van der Waals surface area contributed by atoms with Crippen LogP contribution in [-0.2, 0) is 11.3 Å². The van der Waals surface area contributed by atoms with Gasteiger partial charge < -0.3 is 15.3 Å². The van der Waals surface area contributed by atoms with E-state index in [1.54, 1.807) is 4.90 Å². The van der Waals surface area contributed by atoms with E-state index < -0.39 is 11.9 Å². The Morgan fingerprint density at radius 1 is 1.43 bits per heavy atom. The lowest BCUT2D eigenvalue weighted by Gasteiger charge is -2.30. The molecule has 0 saturated carbocycles. The number of carbonyl (C=O) groups excluding carboxylic acids is 1. The Labute approximate surface area is 124 Å². The summed E-state index contributed by atoms with van der Waals surface area (Å²) in [7, 11) is 0. The highest BCUT2D eigenvalue weighted by atomic mass is 16.4. The third-order valence-electron chi connectivity index (χ3n) is 3.89. The van der Waals surface area contributed by atoms with Crippen LogP contribution in [0.15, 0.2) is 12.1 Å². The van der Waals surface area contributed by atoms with Crippen molar-refractivity contribution in [1.29, 1.82) is 0 Å². The number of aromatic nitrogens is 1. The lowest BCUT2D eigenvalue weighted by molar-refractivity contribution is -0.143. The standard InChI is InChI=1S/C15H21N3O3/c1-10-5-6-13(17-11(10)2)8-16-15(21)18-7-3-4-12(9-18)14(19)20/h5-6,12H,3-4,7-9H2,1-2H3,(H,16,21)(H,19,20). The second-order valence-corrected chi connectivity index (χ2v) is 5.49. The average Bonchev–Trinajstić information content (AvgIpc) is 2.48. The smallest absolute Gasteiger partial charge is 0.317 e. The summed E-state index contributed by atoms with van der Waals surface area (Å²) >= 11 is 0. The maximum atomic E-state index is 12.1. The second-order valence-electron chi connectivity index (χ2n) is 5.49. The number of nitrogens with one attached hydrogen (secondary N) is 1. The molecule has 1 aliphatic heterocycles. The van der Waals surface area contributed by atoms with E-state index in [4.69, 9.17) is 5.11 Å². The quantitative estimate of drug-likeness (QED) is 0.888. The monoisotopic (exact) mass is 291 g/mol. The fourth-order valence-electron chi connectivity index (χ4n) is 2.42. The van der Waals surface area contributed by atoms with E-state index in [9.17, 15) is 9.59 Å². The summed E-state index contributed by atoms with van der Waals surface area (Å²) < 4.78 is 0. The lowest BCUT2D eigenvalue weighted by Crippen LogP contribution is -2.46. The highest BCUT2D eigenvalue weighted by molar-refractivity contribution is 5.76. The molecule has 21 heavy (non-hydrogen) atoms. The van der Waals surface area contributed by atoms with Crippen LogP contribution in [0.25, 0.3) is 0 Å². The highest BCUT2D eigenvalue weighted by Crippen LogP contribution is 2.16. The number of carboxylic acid groups (broad SMARTS) is 1. The Kier molecular flexibility index (Phi) is 4.77. The number of amides is 2. The molecule has 2 amide bonds. The van der Waals surface area contributed by atoms with Crippen LogP contribution < -0.4 is 5.32 Å². The number of hydrogen-bond acceptors (Lipinski definition) is 3. The summed E-state index contributed by atoms with van der Waals surface area (Å²) in [4.78, 5) is 29.1. The summed E-state index contributed by atoms with van der Waals surface area (Å²) in [5, 5.41) is 11.8. The third kappa shape index (κ3) is 3.93. The molecule has 1 aromatic rings. The minimum atomic E-state index is -0.830. The average molecular weight is 291 g/mol. The molecule has 114 valence electrons. The molecule has 1 aliphatic rings. The molecule has 1 atom stereocenters. The van der Waals surface area contributed by atoms with Crippen LogP contribution in [0.3, 0.4) is 0 Å². The number of likely N-dealkylation sites (tertiary alicyclic amines) is 1. The van der Waals surface area contributed by atoms with E-state index in [1.165, 1.54) is 0 Å². The van der Waals surface area contributed by atoms with Gasteiger partial charge in [0.1, 0.15) is 0 Å². The fraction of sp³-hybridized carbons (Fsp3) is 0.533. The molecule has 6 nitrogen and oxygen atoms in total. The molecule has 1 aromatic heterocycles. The molecule has 0 spiro atoms. The summed E-state index contributed by atoms with van der Waals surface area (Å²) in [6.07, 6.45) is 1.37. The van der Waals surface area contributed by atoms with E-state index in [1.807, 2.05) is 26.0 Å². The molecule has 1 fully saturated rings. The predicted octanol–water partition coefficient (Wildman–Crippen LogP) is 1.70. The number of piperidine rings is 1. The Balaban J connectivity index is 1.89. The molecule has 0 radical (unpaired) electrons. The molecule has 2 heterocycles. The molecular formula is C15H21N3O3. The lowest BCUT2D eigenvalue weighted by atomic mass is 9.99. The largest absolute Gasteiger partial charge is 0.481 e. The number of hydrogen-bond donors (Lipinski definition) is 2. The molecule has 2 rings (SSSR count). The topological polar surface area (TPSA) is 82.5 Å². The number of aliphatic carboxylic acids is 1. The van der Waals surface area contributed by atoms with E-state index in [-0.39, 0.29) is 12.6 Å². The molecule has 1 saturated heterocycles. The van der Waals surface area contributed by atoms with Crippen molar-refractivity contribution in [2.45, 2.75) is 33.2 Å². The van der Waals surface area contributed by atoms with Crippen molar-refractivity contribution in [2.75, 3.05) is 13.1 Å². The first-order valence-electron chi connectivity index (χ1n) is 7.16. The van der Waals surface area contributed by atoms with Gasteiger partial charge in [0.25, 0.3) is 0 Å². The fourth-order valence-corrected chi connectivity index (χ4v) is 2.42. The van der Waals surface area contributed by atoms with Gasteiger partial charge in [0.15, 0.2) is 0 Å². The summed E-state index contributed by atoms with van der Waals surface area (Å²) in [5.74, 6) is -1.28. The molecule has 0 bridgehead atoms. The predicted molar refractivity (Wildman–Crippen MR) is 77.9 cm³/mol. The van der Waals surface area contributed by atoms with E-state index in [0.29, 0.717) is 19.5 Å². The van der Waals surface area contributed by atoms with Crippen LogP contribution in [-0.4, -0.2) is 40.1 Å². The van der Waals surface area contributed by atoms with Crippen molar-refractivity contribution in [2.24, 2.45) is 5.92 Å². The first-order chi connectivity index (χ1) is 9.97. The van der Waals surface area contributed by atoms with E-state index in [2.05, 4.69) is 10.3 Å². The SMILES string of the molecule is Cc1ccc(CNC(=O)N2CCCC(C(=O)O)C2)nc1C. The Morgan fingerprint density at radius 3 is 2.86 bits per heavy atom. The summed E-state index contributed by atoms with van der Waals surface area (Å²) in [6, 6.07) is 3.64. The minimum Gasteiger partial charge on any atom is -0.481 e. The zero-order valence-electron chi connectivity index (χ0n) is 12.4. The zero-order chi connectivity index (χ0) is 15.4. The van der Waals surface area contributed by atoms with Crippen molar-refractivity contribution < 1.29 is 14.7 Å². The van der Waals surface area contributed by atoms with Crippen LogP contribution in [0.1, 0.15) is 29.8 Å². The van der Waals surface area contributed by atoms with Gasteiger partial charge in [-0.1, -0.05) is 6.07 Å². The minimum absolute atomic E-state index is 0.221. The number of pyridine rings is 1. The zero-order valence-corrected chi connectivity index (χ0v) is 12.4. The van der Waals surface area contributed by atoms with Gasteiger partial charge in [-0.3, -0.25) is 9.78 Å². The number of urea groups is 1. The van der Waals surface area contributed by atoms with Crippen molar-refractivity contribution in [3.05, 3.63) is 29.1 Å². The van der Waals surface area contributed by atoms with Gasteiger partial charge in [-0.25, -0.2) is 4.79 Å². The first-order valence-corrected chi connectivity index (χ1v) is 7.16. The van der Waals surface area contributed by atoms with Crippen LogP contribution in [0, 0.1) is 19.8 Å². The van der Waals surface area contributed by atoms with E-state index in [0.717, 1.165) is 23.4 Å². The van der Waals surface area contributed by atoms with E-state index >= 15 is 0 Å². The Hall–Kier alpha value is -2.11. The maximum absolute atomic E-state index is 12.1. The van der Waals surface area contributed by atoms with Gasteiger partial charge in [0.05, 0.1) is 18.2 Å². The van der Waals surface area contributed by atoms with Gasteiger partial charge in [0.2, 0.25) is 0 Å². The number of carbonyl (C=O) groups is 2. The number of nitrogens with zero attached hydrogens (tertiary/aromatic N) is 2. The van der Waals surface area contributed by atoms with Gasteiger partial charge >= 0.3 is 12.0 Å². The van der Waals surface area contributed by atoms with Gasteiger partial charge in [-0.05, 0) is 38.3 Å². The molecule has 0 aromatic carbocycles. The Morgan fingerprint density at radius 2 is 2.19 bits per heavy atom. The van der Waals surface area contributed by atoms with Crippen molar-refractivity contribution in [1.82, 2.24) is 15.2 Å². The first kappa shape index (κ1) is 15.3. The molecular weight excluding hydrogens is 270 g/mol. The molecule has 0 aliphatic carbocycles. The summed E-state index contributed by atoms with van der Waals surface area (Å²) in [5.41, 5.74) is 2.87. The maximum Gasteiger partial charge on any atom is 0.317 e. The number of rotatable bonds is 3. The molecule has 1 unspecified atom stereocenters. The van der Waals surface area contributed by atoms with Crippen LogP contribution in [0.5, 0.6) is 0 Å². The van der Waals surface area contributed by atoms with Crippen LogP contribution >= 0.6 is 0 Å². The van der Waals surface area contributed by atoms with Crippen molar-refractivity contribution in [3.8, 4) is 0 Å². The van der Waals surface area contributed by atoms with Gasteiger partial charge in [-0.15, -0.1) is 0 Å². The van der Waals surface area contributed by atoms with Crippen LogP contribution in [0.2, 0.25) is 0 Å². The number of aryl methyl sites for hydroxylation is 2. The number of carboxylic acids is 1. The van der Waals surface area contributed by atoms with Gasteiger partial charge in [0, 0.05) is 18.8 Å². The third-order valence-corrected chi connectivity index (χ3v) is 3.89. The second kappa shape index (κ2) is 6.56. The van der Waals surface area contributed by atoms with Gasteiger partial charge in [-0.2, -0.15) is 0 Å². The van der Waals surface area contributed by atoms with Crippen molar-refractivity contribution >= 4 is 12.0 Å². The summed E-state index contributed by atoms with van der Waals surface area (Å²) in [6.45, 7) is 5.17. The van der Waals surface area contributed by atoms with Crippen LogP contribution in [0.4, 0.5) is 4.79 Å². The Bertz CT molecular complexity index is 545. The normalized spacial score (nSPS) is 18.4. The molecule has 2 N–H and O–H groups in total. The highest BCUT2D eigenvalue weighted by Gasteiger charge is 2.27. The van der Waals surface area contributed by atoms with Crippen molar-refractivity contribution in [3.63, 3.8) is 0 Å². The molecule has 6 heteroatoms.